The molecule has 2 aromatic carbocycles. The van der Waals surface area contributed by atoms with Crippen molar-refractivity contribution in [1.29, 1.82) is 0 Å². The third kappa shape index (κ3) is 2.27. The van der Waals surface area contributed by atoms with Crippen molar-refractivity contribution in [2.45, 2.75) is 26.3 Å². The molecule has 7 heteroatoms. The summed E-state index contributed by atoms with van der Waals surface area (Å²) >= 11 is 0. The minimum Gasteiger partial charge on any atom is -0.372 e. The van der Waals surface area contributed by atoms with E-state index in [0.717, 1.165) is 12.1 Å². The predicted octanol–water partition coefficient (Wildman–Crippen LogP) is 4.61. The lowest BCUT2D eigenvalue weighted by Crippen LogP contribution is -2.22. The van der Waals surface area contributed by atoms with Crippen LogP contribution in [0, 0.1) is 11.6 Å². The van der Waals surface area contributed by atoms with E-state index < -0.39 is 11.6 Å². The van der Waals surface area contributed by atoms with Crippen molar-refractivity contribution in [2.75, 3.05) is 22.9 Å². The third-order valence-electron chi connectivity index (χ3n) is 5.47. The van der Waals surface area contributed by atoms with Gasteiger partial charge in [0, 0.05) is 24.5 Å². The molecule has 3 aromatic rings. The Balaban J connectivity index is 1.51. The van der Waals surface area contributed by atoms with Gasteiger partial charge in [-0.25, -0.2) is 8.78 Å². The van der Waals surface area contributed by atoms with E-state index in [0.29, 0.717) is 24.7 Å². The van der Waals surface area contributed by atoms with E-state index in [1.807, 2.05) is 29.7 Å². The maximum absolute atomic E-state index is 14.7. The maximum Gasteiger partial charge on any atom is 0.271 e. The van der Waals surface area contributed by atoms with Gasteiger partial charge >= 0.3 is 0 Å². The summed E-state index contributed by atoms with van der Waals surface area (Å²) in [4.78, 5) is 8.14. The van der Waals surface area contributed by atoms with Crippen LogP contribution < -0.4 is 9.80 Å². The minimum atomic E-state index is -0.707. The number of halogens is 2. The summed E-state index contributed by atoms with van der Waals surface area (Å²) in [5.74, 6) is -1.22. The lowest BCUT2D eigenvalue weighted by atomic mass is 10.1. The summed E-state index contributed by atoms with van der Waals surface area (Å²) in [6.07, 6.45) is 0.906. The van der Waals surface area contributed by atoms with Gasteiger partial charge in [0.2, 0.25) is 0 Å². The molecule has 5 nitrogen and oxygen atoms in total. The number of anilines is 3. The number of aromatic nitrogens is 2. The van der Waals surface area contributed by atoms with Crippen molar-refractivity contribution in [1.82, 2.24) is 10.1 Å². The van der Waals surface area contributed by atoms with E-state index in [1.54, 1.807) is 0 Å². The first-order valence-electron chi connectivity index (χ1n) is 9.10. The molecule has 0 radical (unpaired) electrons. The minimum absolute atomic E-state index is 0.145. The molecule has 6 rings (SSSR count). The monoisotopic (exact) mass is 368 g/mol. The van der Waals surface area contributed by atoms with Gasteiger partial charge < -0.3 is 9.42 Å². The van der Waals surface area contributed by atoms with Crippen molar-refractivity contribution < 1.29 is 13.3 Å². The molecule has 1 aromatic heterocycles. The van der Waals surface area contributed by atoms with Gasteiger partial charge in [0.05, 0.1) is 6.04 Å². The van der Waals surface area contributed by atoms with Gasteiger partial charge in [-0.05, 0) is 54.8 Å². The SMILES string of the molecule is CCN(CC)c1cc(F)c(-c2nc(N3c4ccc5cc4CC53)no2)c(F)c1. The zero-order valence-electron chi connectivity index (χ0n) is 15.0. The van der Waals surface area contributed by atoms with Crippen LogP contribution in [0.5, 0.6) is 0 Å². The molecule has 0 fully saturated rings. The molecule has 2 aliphatic heterocycles. The highest BCUT2D eigenvalue weighted by atomic mass is 19.1. The predicted molar refractivity (Wildman–Crippen MR) is 98.2 cm³/mol. The average Bonchev–Trinajstić information content (AvgIpc) is 3.34. The molecule has 3 heterocycles. The Bertz CT molecular complexity index is 1020. The summed E-state index contributed by atoms with van der Waals surface area (Å²) in [5.41, 5.74) is 3.68. The van der Waals surface area contributed by atoms with E-state index >= 15 is 0 Å². The number of benzene rings is 2. The van der Waals surface area contributed by atoms with E-state index in [4.69, 9.17) is 4.52 Å². The maximum atomic E-state index is 14.7. The summed E-state index contributed by atoms with van der Waals surface area (Å²) in [7, 11) is 0. The van der Waals surface area contributed by atoms with Crippen LogP contribution in [0.25, 0.3) is 11.5 Å². The summed E-state index contributed by atoms with van der Waals surface area (Å²) in [6.45, 7) is 5.20. The van der Waals surface area contributed by atoms with Gasteiger partial charge in [-0.3, -0.25) is 4.90 Å². The van der Waals surface area contributed by atoms with Crippen LogP contribution in [0.4, 0.5) is 26.1 Å². The molecule has 1 unspecified atom stereocenters. The van der Waals surface area contributed by atoms with Crippen molar-refractivity contribution in [3.05, 3.63) is 53.1 Å². The molecule has 0 amide bonds. The molecule has 0 N–H and O–H groups in total. The fraction of sp³-hybridized carbons (Fsp3) is 0.300. The molecule has 0 saturated heterocycles. The standard InChI is InChI=1S/C20H18F2N4O/c1-3-25(4-2)13-9-14(21)18(15(22)10-13)19-23-20(24-27-19)26-16-6-5-11-7-12(16)8-17(11)26/h5-7,9-10,17H,3-4,8H2,1-2H3. The fourth-order valence-corrected chi connectivity index (χ4v) is 4.14. The lowest BCUT2D eigenvalue weighted by Gasteiger charge is -2.27. The van der Waals surface area contributed by atoms with Gasteiger partial charge in [0.15, 0.2) is 0 Å². The Morgan fingerprint density at radius 2 is 1.89 bits per heavy atom. The van der Waals surface area contributed by atoms with Crippen molar-refractivity contribution in [2.24, 2.45) is 0 Å². The first-order valence-corrected chi connectivity index (χ1v) is 9.10. The molecule has 1 atom stereocenters. The summed E-state index contributed by atoms with van der Waals surface area (Å²) < 4.78 is 34.6. The van der Waals surface area contributed by atoms with E-state index in [2.05, 4.69) is 22.3 Å². The third-order valence-corrected chi connectivity index (χ3v) is 5.47. The first kappa shape index (κ1) is 16.2. The van der Waals surface area contributed by atoms with E-state index in [9.17, 15) is 8.78 Å². The highest BCUT2D eigenvalue weighted by Gasteiger charge is 2.40. The zero-order valence-corrected chi connectivity index (χ0v) is 15.0. The molecule has 138 valence electrons. The van der Waals surface area contributed by atoms with Crippen LogP contribution in [-0.4, -0.2) is 23.2 Å². The molecule has 27 heavy (non-hydrogen) atoms. The summed E-state index contributed by atoms with van der Waals surface area (Å²) in [6, 6.07) is 9.05. The molecule has 0 spiro atoms. The quantitative estimate of drug-likeness (QED) is 0.658. The molecule has 4 bridgehead atoms. The van der Waals surface area contributed by atoms with Gasteiger partial charge in [0.25, 0.3) is 11.8 Å². The average molecular weight is 368 g/mol. The highest BCUT2D eigenvalue weighted by Crippen LogP contribution is 2.50. The molecule has 3 aliphatic rings. The Kier molecular flexibility index (Phi) is 3.47. The molecule has 0 saturated carbocycles. The Hall–Kier alpha value is -2.96. The van der Waals surface area contributed by atoms with Crippen LogP contribution >= 0.6 is 0 Å². The van der Waals surface area contributed by atoms with Gasteiger partial charge in [0.1, 0.15) is 17.2 Å². The highest BCUT2D eigenvalue weighted by molar-refractivity contribution is 5.74. The molecule has 1 aliphatic carbocycles. The number of rotatable bonds is 5. The number of hydrogen-bond donors (Lipinski definition) is 0. The van der Waals surface area contributed by atoms with Crippen molar-refractivity contribution in [3.8, 4) is 11.5 Å². The van der Waals surface area contributed by atoms with Crippen molar-refractivity contribution >= 4 is 17.3 Å². The zero-order chi connectivity index (χ0) is 18.7. The summed E-state index contributed by atoms with van der Waals surface area (Å²) in [5, 5.41) is 3.98. The Morgan fingerprint density at radius 3 is 2.52 bits per heavy atom. The van der Waals surface area contributed by atoms with Gasteiger partial charge in [-0.15, -0.1) is 0 Å². The van der Waals surface area contributed by atoms with Crippen LogP contribution in [0.2, 0.25) is 0 Å². The van der Waals surface area contributed by atoms with Crippen molar-refractivity contribution in [3.63, 3.8) is 0 Å². The Morgan fingerprint density at radius 1 is 1.15 bits per heavy atom. The van der Waals surface area contributed by atoms with Crippen LogP contribution in [0.3, 0.4) is 0 Å². The van der Waals surface area contributed by atoms with Crippen LogP contribution in [0.1, 0.15) is 31.0 Å². The van der Waals surface area contributed by atoms with Crippen LogP contribution in [0.15, 0.2) is 34.9 Å². The largest absolute Gasteiger partial charge is 0.372 e. The van der Waals surface area contributed by atoms with Gasteiger partial charge in [-0.2, -0.15) is 4.98 Å². The molecular formula is C20H18F2N4O. The topological polar surface area (TPSA) is 45.4 Å². The van der Waals surface area contributed by atoms with Crippen LogP contribution in [-0.2, 0) is 6.42 Å². The second-order valence-corrected chi connectivity index (χ2v) is 6.83. The molecular weight excluding hydrogens is 350 g/mol. The smallest absolute Gasteiger partial charge is 0.271 e. The normalized spacial score (nSPS) is 16.6. The second-order valence-electron chi connectivity index (χ2n) is 6.83. The van der Waals surface area contributed by atoms with E-state index in [-0.39, 0.29) is 17.5 Å². The van der Waals surface area contributed by atoms with Gasteiger partial charge in [-0.1, -0.05) is 12.1 Å². The number of nitrogens with zero attached hydrogens (tertiary/aromatic N) is 4. The first-order chi connectivity index (χ1) is 13.1. The fourth-order valence-electron chi connectivity index (χ4n) is 4.14. The number of hydrogen-bond acceptors (Lipinski definition) is 5. The Labute approximate surface area is 155 Å². The lowest BCUT2D eigenvalue weighted by molar-refractivity contribution is 0.423. The van der Waals surface area contributed by atoms with E-state index in [1.165, 1.54) is 23.3 Å². The second kappa shape index (κ2) is 5.77. The number of fused-ring (bicyclic) bond motifs is 1.